The topological polar surface area (TPSA) is 94.5 Å². The summed E-state index contributed by atoms with van der Waals surface area (Å²) in [6, 6.07) is 10.7. The van der Waals surface area contributed by atoms with Crippen LogP contribution >= 0.6 is 0 Å². The summed E-state index contributed by atoms with van der Waals surface area (Å²) in [4.78, 5) is 12.8. The maximum Gasteiger partial charge on any atom is 0.316 e. The standard InChI is InChI=1S/C21H22N4O4S/c1-28-19-4-2-3-5-20(19)30(26,27)25-12-8-18(9-13-25)29-21-23-14-17(15-24-21)16-6-10-22-11-7-16/h2-7,10-11,14-15,18H,8-9,12-13H2,1H3. The van der Waals surface area contributed by atoms with Crippen molar-refractivity contribution in [1.82, 2.24) is 19.3 Å². The predicted molar refractivity (Wildman–Crippen MR) is 111 cm³/mol. The third-order valence-corrected chi connectivity index (χ3v) is 6.94. The quantitative estimate of drug-likeness (QED) is 0.598. The average Bonchev–Trinajstić information content (AvgIpc) is 2.80. The molecule has 1 saturated heterocycles. The number of benzene rings is 1. The van der Waals surface area contributed by atoms with Gasteiger partial charge in [0.25, 0.3) is 0 Å². The van der Waals surface area contributed by atoms with E-state index in [0.717, 1.165) is 11.1 Å². The Labute approximate surface area is 175 Å². The fourth-order valence-electron chi connectivity index (χ4n) is 3.38. The highest BCUT2D eigenvalue weighted by Gasteiger charge is 2.32. The van der Waals surface area contributed by atoms with E-state index < -0.39 is 10.0 Å². The fourth-order valence-corrected chi connectivity index (χ4v) is 5.01. The lowest BCUT2D eigenvalue weighted by Crippen LogP contribution is -2.41. The average molecular weight is 426 g/mol. The summed E-state index contributed by atoms with van der Waals surface area (Å²) in [6.07, 6.45) is 7.83. The van der Waals surface area contributed by atoms with Gasteiger partial charge >= 0.3 is 6.01 Å². The zero-order valence-electron chi connectivity index (χ0n) is 16.5. The van der Waals surface area contributed by atoms with Crippen molar-refractivity contribution in [3.05, 3.63) is 61.2 Å². The SMILES string of the molecule is COc1ccccc1S(=O)(=O)N1CCC(Oc2ncc(-c3ccncc3)cn2)CC1. The summed E-state index contributed by atoms with van der Waals surface area (Å²) in [5, 5.41) is 0. The molecule has 4 rings (SSSR count). The second-order valence-corrected chi connectivity index (χ2v) is 8.77. The Hall–Kier alpha value is -3.04. The normalized spacial score (nSPS) is 15.6. The number of pyridine rings is 1. The van der Waals surface area contributed by atoms with Crippen LogP contribution in [0.1, 0.15) is 12.8 Å². The van der Waals surface area contributed by atoms with Crippen molar-refractivity contribution in [2.45, 2.75) is 23.8 Å². The van der Waals surface area contributed by atoms with Crippen molar-refractivity contribution in [2.75, 3.05) is 20.2 Å². The highest BCUT2D eigenvalue weighted by Crippen LogP contribution is 2.29. The molecule has 2 aromatic heterocycles. The summed E-state index contributed by atoms with van der Waals surface area (Å²) < 4.78 is 38.5. The maximum absolute atomic E-state index is 13.0. The van der Waals surface area contributed by atoms with Crippen molar-refractivity contribution in [3.8, 4) is 22.9 Å². The van der Waals surface area contributed by atoms with E-state index in [9.17, 15) is 8.42 Å². The third kappa shape index (κ3) is 4.27. The largest absolute Gasteiger partial charge is 0.495 e. The van der Waals surface area contributed by atoms with E-state index in [1.807, 2.05) is 12.1 Å². The molecule has 1 aromatic carbocycles. The van der Waals surface area contributed by atoms with Crippen LogP contribution in [0, 0.1) is 0 Å². The maximum atomic E-state index is 13.0. The first kappa shape index (κ1) is 20.2. The van der Waals surface area contributed by atoms with E-state index >= 15 is 0 Å². The second kappa shape index (κ2) is 8.76. The number of nitrogens with zero attached hydrogens (tertiary/aromatic N) is 4. The molecule has 30 heavy (non-hydrogen) atoms. The minimum absolute atomic E-state index is 0.138. The number of hydrogen-bond donors (Lipinski definition) is 0. The van der Waals surface area contributed by atoms with Crippen LogP contribution in [0.25, 0.3) is 11.1 Å². The molecule has 0 N–H and O–H groups in total. The molecule has 0 saturated carbocycles. The van der Waals surface area contributed by atoms with Gasteiger partial charge in [-0.1, -0.05) is 12.1 Å². The Bertz CT molecular complexity index is 1080. The first-order chi connectivity index (χ1) is 14.6. The molecule has 0 amide bonds. The number of para-hydroxylation sites is 1. The van der Waals surface area contributed by atoms with E-state index in [4.69, 9.17) is 9.47 Å². The van der Waals surface area contributed by atoms with Crippen molar-refractivity contribution in [2.24, 2.45) is 0 Å². The Morgan fingerprint density at radius 3 is 2.30 bits per heavy atom. The fraction of sp³-hybridized carbons (Fsp3) is 0.286. The summed E-state index contributed by atoms with van der Waals surface area (Å²) in [6.45, 7) is 0.723. The van der Waals surface area contributed by atoms with E-state index in [1.165, 1.54) is 11.4 Å². The summed E-state index contributed by atoms with van der Waals surface area (Å²) in [7, 11) is -2.15. The molecule has 156 valence electrons. The minimum atomic E-state index is -3.62. The van der Waals surface area contributed by atoms with Gasteiger partial charge < -0.3 is 9.47 Å². The van der Waals surface area contributed by atoms with Crippen LogP contribution in [-0.4, -0.2) is 54.0 Å². The molecule has 1 aliphatic heterocycles. The molecule has 0 radical (unpaired) electrons. The summed E-state index contributed by atoms with van der Waals surface area (Å²) in [5.41, 5.74) is 1.86. The van der Waals surface area contributed by atoms with Gasteiger partial charge in [-0.05, 0) is 42.7 Å². The number of methoxy groups -OCH3 is 1. The molecule has 0 aliphatic carbocycles. The van der Waals surface area contributed by atoms with E-state index in [2.05, 4.69) is 15.0 Å². The summed E-state index contributed by atoms with van der Waals surface area (Å²) >= 11 is 0. The van der Waals surface area contributed by atoms with Crippen LogP contribution in [-0.2, 0) is 10.0 Å². The highest BCUT2D eigenvalue weighted by molar-refractivity contribution is 7.89. The van der Waals surface area contributed by atoms with Crippen LogP contribution < -0.4 is 9.47 Å². The first-order valence-electron chi connectivity index (χ1n) is 9.60. The third-order valence-electron chi connectivity index (χ3n) is 5.00. The second-order valence-electron chi connectivity index (χ2n) is 6.86. The van der Waals surface area contributed by atoms with Gasteiger partial charge in [0.1, 0.15) is 16.7 Å². The molecular formula is C21H22N4O4S. The van der Waals surface area contributed by atoms with Gasteiger partial charge in [0.15, 0.2) is 0 Å². The number of sulfonamides is 1. The van der Waals surface area contributed by atoms with Gasteiger partial charge in [-0.25, -0.2) is 18.4 Å². The number of aromatic nitrogens is 3. The molecule has 3 aromatic rings. The van der Waals surface area contributed by atoms with Crippen LogP contribution in [0.5, 0.6) is 11.8 Å². The van der Waals surface area contributed by atoms with Gasteiger partial charge in [-0.2, -0.15) is 4.31 Å². The minimum Gasteiger partial charge on any atom is -0.495 e. The number of ether oxygens (including phenoxy) is 2. The van der Waals surface area contributed by atoms with Crippen molar-refractivity contribution in [1.29, 1.82) is 0 Å². The molecular weight excluding hydrogens is 404 g/mol. The molecule has 0 spiro atoms. The predicted octanol–water partition coefficient (Wildman–Crippen LogP) is 2.78. The van der Waals surface area contributed by atoms with Gasteiger partial charge in [-0.3, -0.25) is 4.98 Å². The van der Waals surface area contributed by atoms with E-state index in [-0.39, 0.29) is 11.0 Å². The Balaban J connectivity index is 1.38. The van der Waals surface area contributed by atoms with E-state index in [0.29, 0.717) is 37.7 Å². The molecule has 1 fully saturated rings. The van der Waals surface area contributed by atoms with Gasteiger partial charge in [0.05, 0.1) is 7.11 Å². The zero-order chi connectivity index (χ0) is 21.0. The molecule has 0 unspecified atom stereocenters. The van der Waals surface area contributed by atoms with Crippen LogP contribution in [0.2, 0.25) is 0 Å². The summed E-state index contributed by atoms with van der Waals surface area (Å²) in [5.74, 6) is 0.346. The molecule has 3 heterocycles. The lowest BCUT2D eigenvalue weighted by Gasteiger charge is -2.31. The van der Waals surface area contributed by atoms with Gasteiger partial charge in [0, 0.05) is 43.4 Å². The lowest BCUT2D eigenvalue weighted by molar-refractivity contribution is 0.124. The van der Waals surface area contributed by atoms with Crippen LogP contribution in [0.4, 0.5) is 0 Å². The number of rotatable bonds is 6. The molecule has 8 nitrogen and oxygen atoms in total. The highest BCUT2D eigenvalue weighted by atomic mass is 32.2. The van der Waals surface area contributed by atoms with Crippen LogP contribution in [0.3, 0.4) is 0 Å². The molecule has 9 heteroatoms. The molecule has 0 atom stereocenters. The molecule has 1 aliphatic rings. The van der Waals surface area contributed by atoms with Crippen molar-refractivity contribution in [3.63, 3.8) is 0 Å². The van der Waals surface area contributed by atoms with Gasteiger partial charge in [0.2, 0.25) is 10.0 Å². The lowest BCUT2D eigenvalue weighted by atomic mass is 10.1. The Morgan fingerprint density at radius 1 is 0.967 bits per heavy atom. The Kier molecular flexibility index (Phi) is 5.91. The number of hydrogen-bond acceptors (Lipinski definition) is 7. The zero-order valence-corrected chi connectivity index (χ0v) is 17.3. The van der Waals surface area contributed by atoms with E-state index in [1.54, 1.807) is 49.1 Å². The van der Waals surface area contributed by atoms with Crippen molar-refractivity contribution >= 4 is 10.0 Å². The molecule has 0 bridgehead atoms. The Morgan fingerprint density at radius 2 is 1.63 bits per heavy atom. The monoisotopic (exact) mass is 426 g/mol. The smallest absolute Gasteiger partial charge is 0.316 e. The van der Waals surface area contributed by atoms with Crippen molar-refractivity contribution < 1.29 is 17.9 Å². The number of piperidine rings is 1. The first-order valence-corrected chi connectivity index (χ1v) is 11.0. The van der Waals surface area contributed by atoms with Crippen LogP contribution in [0.15, 0.2) is 66.1 Å². The van der Waals surface area contributed by atoms with Gasteiger partial charge in [-0.15, -0.1) is 0 Å².